The maximum absolute atomic E-state index is 5.88. The number of hydrogen-bond donors (Lipinski definition) is 1. The number of hydrogen-bond acceptors (Lipinski definition) is 2. The van der Waals surface area contributed by atoms with Gasteiger partial charge in [-0.25, -0.2) is 4.98 Å². The Morgan fingerprint density at radius 2 is 2.40 bits per heavy atom. The van der Waals surface area contributed by atoms with Crippen molar-refractivity contribution in [1.82, 2.24) is 14.5 Å². The first-order valence-corrected chi connectivity index (χ1v) is 5.71. The van der Waals surface area contributed by atoms with Crippen LogP contribution in [0.5, 0.6) is 0 Å². The van der Waals surface area contributed by atoms with Crippen LogP contribution in [0, 0.1) is 10.7 Å². The number of H-pyrrole nitrogens is 1. The molecule has 1 fully saturated rings. The fourth-order valence-corrected chi connectivity index (χ4v) is 2.45. The first-order chi connectivity index (χ1) is 7.16. The van der Waals surface area contributed by atoms with E-state index in [9.17, 15) is 0 Å². The highest BCUT2D eigenvalue weighted by Crippen LogP contribution is 2.44. The number of fused-ring (bicyclic) bond motifs is 1. The molecular weight excluding hydrogens is 230 g/mol. The zero-order chi connectivity index (χ0) is 10.6. The van der Waals surface area contributed by atoms with E-state index in [0.29, 0.717) is 17.0 Å². The number of pyridine rings is 1. The number of rotatable bonds is 1. The highest BCUT2D eigenvalue weighted by atomic mass is 35.5. The van der Waals surface area contributed by atoms with Crippen LogP contribution in [0.3, 0.4) is 0 Å². The van der Waals surface area contributed by atoms with Crippen LogP contribution in [0.15, 0.2) is 12.3 Å². The molecule has 2 unspecified atom stereocenters. The second kappa shape index (κ2) is 3.06. The van der Waals surface area contributed by atoms with Crippen molar-refractivity contribution < 1.29 is 0 Å². The lowest BCUT2D eigenvalue weighted by Crippen LogP contribution is -1.96. The molecule has 2 atom stereocenters. The van der Waals surface area contributed by atoms with Crippen molar-refractivity contribution in [3.05, 3.63) is 22.1 Å². The number of aromatic nitrogens is 3. The fourth-order valence-electron chi connectivity index (χ4n) is 1.96. The minimum Gasteiger partial charge on any atom is -0.329 e. The molecule has 15 heavy (non-hydrogen) atoms. The lowest BCUT2D eigenvalue weighted by atomic mass is 10.4. The molecule has 2 aromatic heterocycles. The molecule has 2 heterocycles. The van der Waals surface area contributed by atoms with Crippen molar-refractivity contribution in [2.75, 3.05) is 0 Å². The van der Waals surface area contributed by atoms with Crippen molar-refractivity contribution in [2.45, 2.75) is 19.4 Å². The maximum atomic E-state index is 5.88. The summed E-state index contributed by atoms with van der Waals surface area (Å²) in [6.45, 7) is 2.22. The number of halogens is 1. The average Bonchev–Trinajstić information content (AvgIpc) is 2.77. The van der Waals surface area contributed by atoms with E-state index in [4.69, 9.17) is 23.8 Å². The third-order valence-corrected chi connectivity index (χ3v) is 3.43. The van der Waals surface area contributed by atoms with Crippen LogP contribution in [0.4, 0.5) is 0 Å². The van der Waals surface area contributed by atoms with Gasteiger partial charge in [0.2, 0.25) is 0 Å². The normalized spacial score (nSPS) is 24.7. The van der Waals surface area contributed by atoms with Gasteiger partial charge in [0.25, 0.3) is 0 Å². The summed E-state index contributed by atoms with van der Waals surface area (Å²) in [6, 6.07) is 2.38. The van der Waals surface area contributed by atoms with Crippen LogP contribution < -0.4 is 0 Å². The Morgan fingerprint density at radius 1 is 1.67 bits per heavy atom. The van der Waals surface area contributed by atoms with E-state index in [1.807, 2.05) is 6.07 Å². The smallest absolute Gasteiger partial charge is 0.179 e. The highest BCUT2D eigenvalue weighted by Gasteiger charge is 2.36. The Labute approximate surface area is 97.1 Å². The number of aromatic amines is 1. The minimum atomic E-state index is 0.514. The molecule has 0 radical (unpaired) electrons. The zero-order valence-electron chi connectivity index (χ0n) is 8.20. The number of nitrogens with zero attached hydrogens (tertiary/aromatic N) is 2. The summed E-state index contributed by atoms with van der Waals surface area (Å²) in [5.41, 5.74) is 1.84. The molecule has 1 N–H and O–H groups in total. The van der Waals surface area contributed by atoms with Gasteiger partial charge in [-0.15, -0.1) is 0 Å². The van der Waals surface area contributed by atoms with Crippen molar-refractivity contribution in [1.29, 1.82) is 0 Å². The molecule has 5 heteroatoms. The van der Waals surface area contributed by atoms with Gasteiger partial charge in [-0.1, -0.05) is 18.5 Å². The minimum absolute atomic E-state index is 0.514. The fraction of sp³-hybridized carbons (Fsp3) is 0.400. The summed E-state index contributed by atoms with van der Waals surface area (Å²) in [7, 11) is 0. The monoisotopic (exact) mass is 239 g/mol. The predicted molar refractivity (Wildman–Crippen MR) is 62.7 cm³/mol. The Bertz CT molecular complexity index is 586. The zero-order valence-corrected chi connectivity index (χ0v) is 9.77. The molecule has 0 aromatic carbocycles. The summed E-state index contributed by atoms with van der Waals surface area (Å²) in [6.07, 6.45) is 2.85. The molecule has 3 rings (SSSR count). The molecule has 78 valence electrons. The van der Waals surface area contributed by atoms with Crippen LogP contribution in [0.2, 0.25) is 5.02 Å². The van der Waals surface area contributed by atoms with E-state index in [1.54, 1.807) is 6.20 Å². The van der Waals surface area contributed by atoms with Gasteiger partial charge in [-0.05, 0) is 30.6 Å². The summed E-state index contributed by atoms with van der Waals surface area (Å²) in [4.78, 5) is 7.47. The predicted octanol–water partition coefficient (Wildman–Crippen LogP) is 3.33. The van der Waals surface area contributed by atoms with Gasteiger partial charge >= 0.3 is 0 Å². The lowest BCUT2D eigenvalue weighted by Gasteiger charge is -2.00. The average molecular weight is 240 g/mol. The number of nitrogens with one attached hydrogen (secondary N) is 1. The second-order valence-electron chi connectivity index (χ2n) is 4.11. The highest BCUT2D eigenvalue weighted by molar-refractivity contribution is 7.71. The molecule has 1 aliphatic carbocycles. The van der Waals surface area contributed by atoms with Crippen LogP contribution in [0.25, 0.3) is 11.2 Å². The van der Waals surface area contributed by atoms with Crippen molar-refractivity contribution in [3.63, 3.8) is 0 Å². The maximum Gasteiger partial charge on any atom is 0.179 e. The Hall–Kier alpha value is -0.870. The SMILES string of the molecule is CC1CC1n1c(=S)[nH]c2cc(Cl)cnc21. The third-order valence-electron chi connectivity index (χ3n) is 2.92. The van der Waals surface area contributed by atoms with Gasteiger partial charge in [-0.3, -0.25) is 4.57 Å². The molecular formula is C10H10ClN3S. The van der Waals surface area contributed by atoms with E-state index < -0.39 is 0 Å². The van der Waals surface area contributed by atoms with Gasteiger partial charge in [0.1, 0.15) is 0 Å². The second-order valence-corrected chi connectivity index (χ2v) is 4.93. The van der Waals surface area contributed by atoms with Crippen molar-refractivity contribution >= 4 is 35.0 Å². The molecule has 1 aliphatic rings. The lowest BCUT2D eigenvalue weighted by molar-refractivity contribution is 0.690. The van der Waals surface area contributed by atoms with Crippen LogP contribution in [-0.4, -0.2) is 14.5 Å². The molecule has 2 aromatic rings. The van der Waals surface area contributed by atoms with Crippen LogP contribution >= 0.6 is 23.8 Å². The molecule has 0 spiro atoms. The first kappa shape index (κ1) is 9.36. The van der Waals surface area contributed by atoms with Crippen molar-refractivity contribution in [2.24, 2.45) is 5.92 Å². The first-order valence-electron chi connectivity index (χ1n) is 4.92. The van der Waals surface area contributed by atoms with Crippen LogP contribution in [-0.2, 0) is 0 Å². The molecule has 0 bridgehead atoms. The molecule has 3 nitrogen and oxygen atoms in total. The molecule has 0 saturated heterocycles. The van der Waals surface area contributed by atoms with Gasteiger partial charge in [0.05, 0.1) is 10.5 Å². The Kier molecular flexibility index (Phi) is 1.91. The van der Waals surface area contributed by atoms with Gasteiger partial charge < -0.3 is 4.98 Å². The van der Waals surface area contributed by atoms with Crippen molar-refractivity contribution in [3.8, 4) is 0 Å². The molecule has 0 amide bonds. The summed E-state index contributed by atoms with van der Waals surface area (Å²) < 4.78 is 2.85. The molecule has 1 saturated carbocycles. The van der Waals surface area contributed by atoms with Gasteiger partial charge in [0.15, 0.2) is 10.4 Å². The quantitative estimate of drug-likeness (QED) is 0.775. The van der Waals surface area contributed by atoms with E-state index in [-0.39, 0.29) is 0 Å². The Balaban J connectivity index is 2.29. The molecule has 0 aliphatic heterocycles. The Morgan fingerprint density at radius 3 is 3.07 bits per heavy atom. The van der Waals surface area contributed by atoms with Gasteiger partial charge in [-0.2, -0.15) is 0 Å². The summed E-state index contributed by atoms with van der Waals surface area (Å²) in [5.74, 6) is 0.702. The van der Waals surface area contributed by atoms with E-state index in [2.05, 4.69) is 21.5 Å². The van der Waals surface area contributed by atoms with E-state index >= 15 is 0 Å². The standard InChI is InChI=1S/C10H10ClN3S/c1-5-2-8(5)14-9-7(13-10(14)15)3-6(11)4-12-9/h3-5,8H,2H2,1H3,(H,13,15). The van der Waals surface area contributed by atoms with E-state index in [1.165, 1.54) is 6.42 Å². The third kappa shape index (κ3) is 1.40. The topological polar surface area (TPSA) is 33.6 Å². The van der Waals surface area contributed by atoms with Crippen LogP contribution in [0.1, 0.15) is 19.4 Å². The van der Waals surface area contributed by atoms with Gasteiger partial charge in [0, 0.05) is 12.2 Å². The number of imidazole rings is 1. The summed E-state index contributed by atoms with van der Waals surface area (Å²) >= 11 is 11.2. The summed E-state index contributed by atoms with van der Waals surface area (Å²) in [5, 5.41) is 0.634. The van der Waals surface area contributed by atoms with E-state index in [0.717, 1.165) is 15.9 Å². The largest absolute Gasteiger partial charge is 0.329 e.